The molecule has 3 heteroatoms. The van der Waals surface area contributed by atoms with Gasteiger partial charge in [0.15, 0.2) is 0 Å². The van der Waals surface area contributed by atoms with Crippen LogP contribution in [-0.2, 0) is 5.41 Å². The maximum atomic E-state index is 12.7. The maximum absolute atomic E-state index is 12.7. The molecule has 0 aliphatic heterocycles. The van der Waals surface area contributed by atoms with Crippen LogP contribution < -0.4 is 5.73 Å². The van der Waals surface area contributed by atoms with Crippen LogP contribution >= 0.6 is 0 Å². The van der Waals surface area contributed by atoms with Gasteiger partial charge in [-0.3, -0.25) is 4.98 Å². The van der Waals surface area contributed by atoms with E-state index in [9.17, 15) is 4.39 Å². The molecule has 76 valence electrons. The molecule has 1 heterocycles. The lowest BCUT2D eigenvalue weighted by Gasteiger charge is -2.26. The summed E-state index contributed by atoms with van der Waals surface area (Å²) in [5, 5.41) is 0. The van der Waals surface area contributed by atoms with Gasteiger partial charge >= 0.3 is 0 Å². The predicted molar refractivity (Wildman–Crippen MR) is 53.4 cm³/mol. The standard InChI is InChI=1S/C11H15FN2/c12-9-3-4-10(14-7-9)11(8-13)5-1-2-6-11/h3-4,7H,1-2,5-6,8,13H2. The second kappa shape index (κ2) is 3.65. The van der Waals surface area contributed by atoms with Crippen LogP contribution in [0.5, 0.6) is 0 Å². The molecule has 0 atom stereocenters. The van der Waals surface area contributed by atoms with Crippen molar-refractivity contribution in [3.05, 3.63) is 29.8 Å². The molecule has 0 aromatic carbocycles. The minimum absolute atomic E-state index is 0.0215. The first kappa shape index (κ1) is 9.59. The molecule has 1 aliphatic rings. The molecule has 2 rings (SSSR count). The van der Waals surface area contributed by atoms with Crippen LogP contribution in [0, 0.1) is 5.82 Å². The van der Waals surface area contributed by atoms with E-state index in [1.807, 2.05) is 0 Å². The minimum atomic E-state index is -0.279. The molecule has 1 fully saturated rings. The van der Waals surface area contributed by atoms with Crippen LogP contribution in [0.15, 0.2) is 18.3 Å². The second-order valence-electron chi connectivity index (χ2n) is 4.05. The van der Waals surface area contributed by atoms with Crippen molar-refractivity contribution in [2.75, 3.05) is 6.54 Å². The van der Waals surface area contributed by atoms with E-state index in [1.54, 1.807) is 6.07 Å². The van der Waals surface area contributed by atoms with Gasteiger partial charge in [0, 0.05) is 17.7 Å². The van der Waals surface area contributed by atoms with E-state index < -0.39 is 0 Å². The van der Waals surface area contributed by atoms with E-state index in [-0.39, 0.29) is 11.2 Å². The van der Waals surface area contributed by atoms with Crippen LogP contribution in [0.3, 0.4) is 0 Å². The fraction of sp³-hybridized carbons (Fsp3) is 0.545. The maximum Gasteiger partial charge on any atom is 0.141 e. The molecule has 14 heavy (non-hydrogen) atoms. The highest BCUT2D eigenvalue weighted by Gasteiger charge is 2.35. The van der Waals surface area contributed by atoms with Crippen molar-refractivity contribution in [3.8, 4) is 0 Å². The highest BCUT2D eigenvalue weighted by Crippen LogP contribution is 2.39. The summed E-state index contributed by atoms with van der Waals surface area (Å²) in [6.07, 6.45) is 5.86. The number of nitrogens with two attached hydrogens (primary N) is 1. The Bertz CT molecular complexity index is 302. The smallest absolute Gasteiger partial charge is 0.141 e. The number of hydrogen-bond acceptors (Lipinski definition) is 2. The number of pyridine rings is 1. The van der Waals surface area contributed by atoms with E-state index in [0.717, 1.165) is 18.5 Å². The summed E-state index contributed by atoms with van der Waals surface area (Å²) in [4.78, 5) is 4.15. The van der Waals surface area contributed by atoms with Gasteiger partial charge in [0.1, 0.15) is 5.82 Å². The molecule has 0 bridgehead atoms. The second-order valence-corrected chi connectivity index (χ2v) is 4.05. The van der Waals surface area contributed by atoms with E-state index in [0.29, 0.717) is 6.54 Å². The Morgan fingerprint density at radius 3 is 2.57 bits per heavy atom. The largest absolute Gasteiger partial charge is 0.330 e. The lowest BCUT2D eigenvalue weighted by molar-refractivity contribution is 0.437. The molecule has 1 aromatic rings. The van der Waals surface area contributed by atoms with Crippen molar-refractivity contribution in [1.29, 1.82) is 0 Å². The number of aromatic nitrogens is 1. The van der Waals surface area contributed by atoms with Crippen molar-refractivity contribution in [2.24, 2.45) is 5.73 Å². The molecule has 0 radical (unpaired) electrons. The molecule has 0 spiro atoms. The van der Waals surface area contributed by atoms with Crippen LogP contribution in [0.4, 0.5) is 4.39 Å². The van der Waals surface area contributed by atoms with Gasteiger partial charge < -0.3 is 5.73 Å². The van der Waals surface area contributed by atoms with Crippen LogP contribution in [-0.4, -0.2) is 11.5 Å². The summed E-state index contributed by atoms with van der Waals surface area (Å²) in [6, 6.07) is 3.24. The number of hydrogen-bond donors (Lipinski definition) is 1. The van der Waals surface area contributed by atoms with E-state index >= 15 is 0 Å². The van der Waals surface area contributed by atoms with Gasteiger partial charge in [-0.05, 0) is 25.0 Å². The molecule has 2 N–H and O–H groups in total. The molecule has 0 amide bonds. The lowest BCUT2D eigenvalue weighted by atomic mass is 9.82. The number of rotatable bonds is 2. The Morgan fingerprint density at radius 2 is 2.07 bits per heavy atom. The minimum Gasteiger partial charge on any atom is -0.330 e. The molecule has 0 unspecified atom stereocenters. The zero-order valence-electron chi connectivity index (χ0n) is 8.17. The highest BCUT2D eigenvalue weighted by molar-refractivity contribution is 5.19. The highest BCUT2D eigenvalue weighted by atomic mass is 19.1. The fourth-order valence-corrected chi connectivity index (χ4v) is 2.31. The fourth-order valence-electron chi connectivity index (χ4n) is 2.31. The Hall–Kier alpha value is -0.960. The SMILES string of the molecule is NCC1(c2ccc(F)cn2)CCCC1. The zero-order chi connectivity index (χ0) is 10.0. The molecule has 1 saturated carbocycles. The summed E-state index contributed by atoms with van der Waals surface area (Å²) in [5.74, 6) is -0.279. The van der Waals surface area contributed by atoms with E-state index in [1.165, 1.54) is 25.1 Å². The first-order valence-corrected chi connectivity index (χ1v) is 5.09. The average Bonchev–Trinajstić information content (AvgIpc) is 2.68. The average molecular weight is 194 g/mol. The van der Waals surface area contributed by atoms with Crippen molar-refractivity contribution < 1.29 is 4.39 Å². The monoisotopic (exact) mass is 194 g/mol. The van der Waals surface area contributed by atoms with Crippen LogP contribution in [0.25, 0.3) is 0 Å². The predicted octanol–water partition coefficient (Wildman–Crippen LogP) is 1.99. The Morgan fingerprint density at radius 1 is 1.36 bits per heavy atom. The molecule has 1 aromatic heterocycles. The Kier molecular flexibility index (Phi) is 2.50. The molecular weight excluding hydrogens is 179 g/mol. The lowest BCUT2D eigenvalue weighted by Crippen LogP contribution is -2.32. The summed E-state index contributed by atoms with van der Waals surface area (Å²) >= 11 is 0. The molecule has 2 nitrogen and oxygen atoms in total. The Balaban J connectivity index is 2.31. The summed E-state index contributed by atoms with van der Waals surface area (Å²) in [5.41, 5.74) is 6.78. The van der Waals surface area contributed by atoms with Crippen molar-refractivity contribution in [1.82, 2.24) is 4.98 Å². The first-order valence-electron chi connectivity index (χ1n) is 5.09. The van der Waals surface area contributed by atoms with Crippen molar-refractivity contribution in [2.45, 2.75) is 31.1 Å². The van der Waals surface area contributed by atoms with Crippen molar-refractivity contribution >= 4 is 0 Å². The van der Waals surface area contributed by atoms with Gasteiger partial charge in [-0.1, -0.05) is 12.8 Å². The van der Waals surface area contributed by atoms with Gasteiger partial charge in [-0.2, -0.15) is 0 Å². The molecule has 1 aliphatic carbocycles. The third-order valence-electron chi connectivity index (χ3n) is 3.22. The van der Waals surface area contributed by atoms with Gasteiger partial charge in [0.05, 0.1) is 6.20 Å². The van der Waals surface area contributed by atoms with Gasteiger partial charge in [0.2, 0.25) is 0 Å². The molecular formula is C11H15FN2. The van der Waals surface area contributed by atoms with Gasteiger partial charge in [-0.25, -0.2) is 4.39 Å². The van der Waals surface area contributed by atoms with Gasteiger partial charge in [-0.15, -0.1) is 0 Å². The van der Waals surface area contributed by atoms with Gasteiger partial charge in [0.25, 0.3) is 0 Å². The van der Waals surface area contributed by atoms with E-state index in [4.69, 9.17) is 5.73 Å². The summed E-state index contributed by atoms with van der Waals surface area (Å²) in [6.45, 7) is 0.617. The topological polar surface area (TPSA) is 38.9 Å². The van der Waals surface area contributed by atoms with Crippen molar-refractivity contribution in [3.63, 3.8) is 0 Å². The van der Waals surface area contributed by atoms with Crippen LogP contribution in [0.2, 0.25) is 0 Å². The third kappa shape index (κ3) is 1.52. The number of halogens is 1. The zero-order valence-corrected chi connectivity index (χ0v) is 8.17. The Labute approximate surface area is 83.3 Å². The third-order valence-corrected chi connectivity index (χ3v) is 3.22. The van der Waals surface area contributed by atoms with E-state index in [2.05, 4.69) is 4.98 Å². The number of nitrogens with zero attached hydrogens (tertiary/aromatic N) is 1. The van der Waals surface area contributed by atoms with Crippen LogP contribution in [0.1, 0.15) is 31.4 Å². The summed E-state index contributed by atoms with van der Waals surface area (Å²) in [7, 11) is 0. The first-order chi connectivity index (χ1) is 6.77. The molecule has 0 saturated heterocycles. The normalized spacial score (nSPS) is 19.9. The quantitative estimate of drug-likeness (QED) is 0.782. The summed E-state index contributed by atoms with van der Waals surface area (Å²) < 4.78 is 12.7.